The first kappa shape index (κ1) is 14.8. The van der Waals surface area contributed by atoms with Crippen LogP contribution in [0.1, 0.15) is 17.3 Å². The molecule has 7 heteroatoms. The van der Waals surface area contributed by atoms with Crippen molar-refractivity contribution in [3.8, 4) is 0 Å². The minimum absolute atomic E-state index is 0. The number of carboxylic acids is 1. The first-order valence-corrected chi connectivity index (χ1v) is 4.07. The van der Waals surface area contributed by atoms with Crippen LogP contribution in [-0.2, 0) is 4.79 Å². The zero-order chi connectivity index (χ0) is 11.3. The fourth-order valence-corrected chi connectivity index (χ4v) is 0.748. The summed E-state index contributed by atoms with van der Waals surface area (Å²) in [6.07, 6.45) is 2.90. The van der Waals surface area contributed by atoms with E-state index in [-0.39, 0.29) is 35.3 Å². The van der Waals surface area contributed by atoms with Gasteiger partial charge in [-0.3, -0.25) is 9.78 Å². The van der Waals surface area contributed by atoms with Crippen molar-refractivity contribution in [1.29, 1.82) is 0 Å². The predicted molar refractivity (Wildman–Crippen MR) is 49.8 cm³/mol. The van der Waals surface area contributed by atoms with Crippen LogP contribution in [-0.4, -0.2) is 22.6 Å². The number of rotatable bonds is 3. The van der Waals surface area contributed by atoms with Gasteiger partial charge in [0.1, 0.15) is 0 Å². The van der Waals surface area contributed by atoms with Crippen LogP contribution in [0.4, 0.5) is 0 Å². The Hall–Kier alpha value is -1.24. The number of hydrogen-bond donors (Lipinski definition) is 1. The third kappa shape index (κ3) is 4.52. The molecule has 1 aromatic heterocycles. The van der Waals surface area contributed by atoms with Crippen molar-refractivity contribution in [2.75, 3.05) is 0 Å². The molecule has 1 aromatic rings. The van der Waals surface area contributed by atoms with Gasteiger partial charge in [-0.25, -0.2) is 5.43 Å². The Morgan fingerprint density at radius 1 is 1.38 bits per heavy atom. The SMILES string of the molecule is C/C(=N/NC(=O)c1ccncc1)C(=O)[O-].[Na+]. The summed E-state index contributed by atoms with van der Waals surface area (Å²) in [5.74, 6) is -1.93. The number of carboxylic acid groups (broad SMARTS) is 1. The van der Waals surface area contributed by atoms with E-state index >= 15 is 0 Å². The molecule has 0 aliphatic rings. The average molecular weight is 229 g/mol. The first-order valence-electron chi connectivity index (χ1n) is 4.07. The summed E-state index contributed by atoms with van der Waals surface area (Å²) >= 11 is 0. The molecular formula is C9H8N3NaO3. The standard InChI is InChI=1S/C9H9N3O3.Na/c1-6(9(14)15)11-12-8(13)7-2-4-10-5-3-7;/h2-5H,1H3,(H,12,13)(H,14,15);/q;+1/p-1/b11-6-;. The summed E-state index contributed by atoms with van der Waals surface area (Å²) in [4.78, 5) is 25.3. The quantitative estimate of drug-likeness (QED) is 0.324. The van der Waals surface area contributed by atoms with Crippen molar-refractivity contribution in [1.82, 2.24) is 10.4 Å². The van der Waals surface area contributed by atoms with Crippen LogP contribution in [0.25, 0.3) is 0 Å². The van der Waals surface area contributed by atoms with Crippen molar-refractivity contribution in [2.45, 2.75) is 6.92 Å². The third-order valence-electron chi connectivity index (χ3n) is 1.56. The molecule has 0 spiro atoms. The minimum atomic E-state index is -1.43. The summed E-state index contributed by atoms with van der Waals surface area (Å²) in [7, 11) is 0. The van der Waals surface area contributed by atoms with Gasteiger partial charge >= 0.3 is 29.6 Å². The number of amides is 1. The van der Waals surface area contributed by atoms with Crippen LogP contribution in [0.2, 0.25) is 0 Å². The number of pyridine rings is 1. The van der Waals surface area contributed by atoms with Crippen molar-refractivity contribution >= 4 is 17.6 Å². The fourth-order valence-electron chi connectivity index (χ4n) is 0.748. The predicted octanol–water partition coefficient (Wildman–Crippen LogP) is -4.06. The molecule has 1 N–H and O–H groups in total. The largest absolute Gasteiger partial charge is 1.00 e. The van der Waals surface area contributed by atoms with E-state index in [9.17, 15) is 14.7 Å². The minimum Gasteiger partial charge on any atom is -0.543 e. The van der Waals surface area contributed by atoms with E-state index in [0.717, 1.165) is 0 Å². The number of nitrogens with zero attached hydrogens (tertiary/aromatic N) is 2. The Labute approximate surface area is 114 Å². The van der Waals surface area contributed by atoms with Crippen LogP contribution >= 0.6 is 0 Å². The second-order valence-electron chi connectivity index (χ2n) is 2.66. The average Bonchev–Trinajstić information content (AvgIpc) is 2.26. The van der Waals surface area contributed by atoms with E-state index in [4.69, 9.17) is 0 Å². The van der Waals surface area contributed by atoms with Crippen molar-refractivity contribution < 1.29 is 44.3 Å². The smallest absolute Gasteiger partial charge is 0.543 e. The Balaban J connectivity index is 0.00000225. The molecule has 1 heterocycles. The van der Waals surface area contributed by atoms with Crippen LogP contribution in [0.3, 0.4) is 0 Å². The van der Waals surface area contributed by atoms with Gasteiger partial charge in [0.25, 0.3) is 5.91 Å². The number of carbonyl (C=O) groups is 2. The second-order valence-corrected chi connectivity index (χ2v) is 2.66. The molecule has 0 bridgehead atoms. The van der Waals surface area contributed by atoms with E-state index in [1.807, 2.05) is 0 Å². The molecule has 0 unspecified atom stereocenters. The molecule has 0 fully saturated rings. The number of hydrogen-bond acceptors (Lipinski definition) is 5. The number of aromatic nitrogens is 1. The zero-order valence-corrected chi connectivity index (χ0v) is 10.9. The molecule has 0 saturated carbocycles. The Morgan fingerprint density at radius 2 is 1.94 bits per heavy atom. The zero-order valence-electron chi connectivity index (χ0n) is 8.93. The van der Waals surface area contributed by atoms with Crippen LogP contribution in [0.5, 0.6) is 0 Å². The Kier molecular flexibility index (Phi) is 6.55. The molecule has 78 valence electrons. The second kappa shape index (κ2) is 7.10. The summed E-state index contributed by atoms with van der Waals surface area (Å²) in [6, 6.07) is 2.97. The maximum atomic E-state index is 11.3. The molecule has 0 aromatic carbocycles. The van der Waals surface area contributed by atoms with E-state index < -0.39 is 11.9 Å². The number of nitrogens with one attached hydrogen (secondary N) is 1. The molecule has 0 radical (unpaired) electrons. The molecule has 1 rings (SSSR count). The van der Waals surface area contributed by atoms with E-state index in [2.05, 4.69) is 15.5 Å². The van der Waals surface area contributed by atoms with Gasteiger partial charge in [0.15, 0.2) is 0 Å². The van der Waals surface area contributed by atoms with Gasteiger partial charge in [0.2, 0.25) is 0 Å². The van der Waals surface area contributed by atoms with Crippen molar-refractivity contribution in [3.05, 3.63) is 30.1 Å². The van der Waals surface area contributed by atoms with Gasteiger partial charge in [-0.2, -0.15) is 5.10 Å². The molecule has 0 aliphatic heterocycles. The van der Waals surface area contributed by atoms with Crippen LogP contribution in [0.15, 0.2) is 29.6 Å². The molecule has 0 saturated heterocycles. The summed E-state index contributed by atoms with van der Waals surface area (Å²) in [5, 5.41) is 13.6. The van der Waals surface area contributed by atoms with Gasteiger partial charge in [-0.05, 0) is 19.1 Å². The number of carbonyl (C=O) groups excluding carboxylic acids is 2. The molecular weight excluding hydrogens is 221 g/mol. The van der Waals surface area contributed by atoms with E-state index in [1.165, 1.54) is 31.5 Å². The Bertz CT molecular complexity index is 406. The number of aliphatic carboxylic acids is 1. The molecule has 0 aliphatic carbocycles. The first-order chi connectivity index (χ1) is 7.11. The van der Waals surface area contributed by atoms with Gasteiger partial charge in [0, 0.05) is 18.0 Å². The summed E-state index contributed by atoms with van der Waals surface area (Å²) < 4.78 is 0. The van der Waals surface area contributed by atoms with E-state index in [1.54, 1.807) is 0 Å². The maximum absolute atomic E-state index is 11.3. The van der Waals surface area contributed by atoms with Crippen molar-refractivity contribution in [3.63, 3.8) is 0 Å². The third-order valence-corrected chi connectivity index (χ3v) is 1.56. The summed E-state index contributed by atoms with van der Waals surface area (Å²) in [6.45, 7) is 1.22. The fraction of sp³-hybridized carbons (Fsp3) is 0.111. The van der Waals surface area contributed by atoms with Crippen molar-refractivity contribution in [2.24, 2.45) is 5.10 Å². The van der Waals surface area contributed by atoms with Gasteiger partial charge in [-0.1, -0.05) is 0 Å². The molecule has 1 amide bonds. The molecule has 6 nitrogen and oxygen atoms in total. The van der Waals surface area contributed by atoms with Gasteiger partial charge in [0.05, 0.1) is 11.7 Å². The maximum Gasteiger partial charge on any atom is 1.00 e. The number of hydrazone groups is 1. The molecule has 0 atom stereocenters. The van der Waals surface area contributed by atoms with E-state index in [0.29, 0.717) is 5.56 Å². The topological polar surface area (TPSA) is 94.5 Å². The van der Waals surface area contributed by atoms with Crippen LogP contribution in [0, 0.1) is 0 Å². The Morgan fingerprint density at radius 3 is 2.44 bits per heavy atom. The van der Waals surface area contributed by atoms with Gasteiger partial charge < -0.3 is 9.90 Å². The van der Waals surface area contributed by atoms with Crippen LogP contribution < -0.4 is 40.1 Å². The normalized spacial score (nSPS) is 10.2. The van der Waals surface area contributed by atoms with Gasteiger partial charge in [-0.15, -0.1) is 0 Å². The molecule has 16 heavy (non-hydrogen) atoms. The summed E-state index contributed by atoms with van der Waals surface area (Å²) in [5.41, 5.74) is 2.13. The monoisotopic (exact) mass is 229 g/mol.